The molecule has 0 saturated heterocycles. The zero-order valence-electron chi connectivity index (χ0n) is 24.9. The number of ether oxygens (including phenoxy) is 1. The summed E-state index contributed by atoms with van der Waals surface area (Å²) in [5, 5.41) is -0.202. The summed E-state index contributed by atoms with van der Waals surface area (Å²) >= 11 is 1.55. The van der Waals surface area contributed by atoms with Crippen molar-refractivity contribution in [3.05, 3.63) is 0 Å². The normalized spacial score (nSPS) is 15.3. The highest BCUT2D eigenvalue weighted by molar-refractivity contribution is 8.00. The molecule has 222 valence electrons. The molecule has 0 aromatic heterocycles. The maximum Gasteiger partial charge on any atom is 0.472 e. The molecule has 0 heterocycles. The van der Waals surface area contributed by atoms with Gasteiger partial charge >= 0.3 is 13.8 Å². The van der Waals surface area contributed by atoms with Gasteiger partial charge in [-0.2, -0.15) is 0 Å². The molecule has 7 nitrogen and oxygen atoms in total. The van der Waals surface area contributed by atoms with Crippen LogP contribution in [0.5, 0.6) is 0 Å². The van der Waals surface area contributed by atoms with Gasteiger partial charge in [0.15, 0.2) is 0 Å². The van der Waals surface area contributed by atoms with Gasteiger partial charge in [-0.3, -0.25) is 13.8 Å². The Hall–Kier alpha value is -0.110. The number of nitrogens with zero attached hydrogens (tertiary/aromatic N) is 1. The molecule has 0 amide bonds. The van der Waals surface area contributed by atoms with Crippen LogP contribution in [0.2, 0.25) is 0 Å². The summed E-state index contributed by atoms with van der Waals surface area (Å²) in [4.78, 5) is 22.1. The zero-order chi connectivity index (χ0) is 28.0. The molecule has 0 spiro atoms. The third-order valence-corrected chi connectivity index (χ3v) is 8.98. The van der Waals surface area contributed by atoms with Crippen LogP contribution in [0, 0.1) is 5.92 Å². The molecule has 0 rings (SSSR count). The fourth-order valence-corrected chi connectivity index (χ4v) is 5.99. The Morgan fingerprint density at radius 3 is 1.81 bits per heavy atom. The van der Waals surface area contributed by atoms with Gasteiger partial charge in [-0.05, 0) is 18.1 Å². The minimum absolute atomic E-state index is 0.0102. The molecule has 0 radical (unpaired) electrons. The number of phosphoric ester groups is 1. The number of hydrogen-bond acceptors (Lipinski definition) is 6. The van der Waals surface area contributed by atoms with Gasteiger partial charge in [-0.15, -0.1) is 11.8 Å². The second-order valence-corrected chi connectivity index (χ2v) is 14.1. The number of methoxy groups -OCH3 is 1. The van der Waals surface area contributed by atoms with Crippen LogP contribution in [0.1, 0.15) is 110 Å². The Balaban J connectivity index is 3.95. The van der Waals surface area contributed by atoms with E-state index in [2.05, 4.69) is 6.92 Å². The van der Waals surface area contributed by atoms with Crippen molar-refractivity contribution in [1.82, 2.24) is 0 Å². The number of quaternary nitrogens is 1. The number of rotatable bonds is 26. The van der Waals surface area contributed by atoms with E-state index < -0.39 is 7.82 Å². The van der Waals surface area contributed by atoms with Crippen LogP contribution >= 0.6 is 19.6 Å². The summed E-state index contributed by atoms with van der Waals surface area (Å²) in [6, 6.07) is 0. The van der Waals surface area contributed by atoms with E-state index in [0.29, 0.717) is 16.8 Å². The largest absolute Gasteiger partial charge is 0.472 e. The van der Waals surface area contributed by atoms with E-state index in [0.717, 1.165) is 19.3 Å². The van der Waals surface area contributed by atoms with Gasteiger partial charge in [0.25, 0.3) is 0 Å². The molecule has 37 heavy (non-hydrogen) atoms. The van der Waals surface area contributed by atoms with Crippen molar-refractivity contribution >= 4 is 25.6 Å². The molecule has 1 N–H and O–H groups in total. The lowest BCUT2D eigenvalue weighted by Crippen LogP contribution is -2.37. The second kappa shape index (κ2) is 22.7. The number of unbranched alkanes of at least 4 members (excludes halogenated alkanes) is 13. The van der Waals surface area contributed by atoms with Crippen LogP contribution in [-0.4, -0.2) is 74.4 Å². The van der Waals surface area contributed by atoms with E-state index in [-0.39, 0.29) is 30.4 Å². The Morgan fingerprint density at radius 1 is 0.865 bits per heavy atom. The van der Waals surface area contributed by atoms with E-state index in [1.807, 2.05) is 28.1 Å². The molecule has 0 aromatic rings. The van der Waals surface area contributed by atoms with Crippen LogP contribution in [0.4, 0.5) is 0 Å². The van der Waals surface area contributed by atoms with Gasteiger partial charge in [-0.25, -0.2) is 4.57 Å². The average molecular weight is 569 g/mol. The number of phosphoric acid groups is 1. The third-order valence-electron chi connectivity index (χ3n) is 6.40. The van der Waals surface area contributed by atoms with Crippen LogP contribution < -0.4 is 0 Å². The van der Waals surface area contributed by atoms with Crippen molar-refractivity contribution in [2.75, 3.05) is 53.8 Å². The van der Waals surface area contributed by atoms with Crippen molar-refractivity contribution in [3.63, 3.8) is 0 Å². The zero-order valence-corrected chi connectivity index (χ0v) is 26.6. The van der Waals surface area contributed by atoms with Crippen molar-refractivity contribution in [2.45, 2.75) is 115 Å². The van der Waals surface area contributed by atoms with Crippen LogP contribution in [0.15, 0.2) is 0 Å². The first-order valence-electron chi connectivity index (χ1n) is 14.6. The highest BCUT2D eigenvalue weighted by atomic mass is 32.2. The number of thioether (sulfide) groups is 1. The minimum Gasteiger partial charge on any atom is -0.468 e. The number of carbonyl (C=O) groups excluding carboxylic acids is 1. The number of esters is 1. The van der Waals surface area contributed by atoms with Gasteiger partial charge in [0.1, 0.15) is 18.4 Å². The SMILES string of the molecule is CCCCCCCCCCCCCCCCC(SCC(C)COP(=O)(O)OCC[N+](C)(C)C)C(=O)OC. The van der Waals surface area contributed by atoms with Crippen LogP contribution in [-0.2, 0) is 23.1 Å². The van der Waals surface area contributed by atoms with Gasteiger partial charge < -0.3 is 14.1 Å². The number of likely N-dealkylation sites (N-methyl/N-ethyl adjacent to an activating group) is 1. The molecule has 0 aliphatic heterocycles. The molecule has 0 aromatic carbocycles. The van der Waals surface area contributed by atoms with Crippen molar-refractivity contribution in [3.8, 4) is 0 Å². The summed E-state index contributed by atoms with van der Waals surface area (Å²) in [6.45, 7) is 5.09. The standard InChI is InChI=1S/C28H58NO6PS/c1-7-8-9-10-11-12-13-14-15-16-17-18-19-20-21-27(28(30)33-6)37-25-26(2)24-35-36(31,32)34-23-22-29(3,4)5/h26-27H,7-25H2,1-6H3/p+1. The maximum absolute atomic E-state index is 12.2. The van der Waals surface area contributed by atoms with E-state index >= 15 is 0 Å². The molecule has 3 unspecified atom stereocenters. The second-order valence-electron chi connectivity index (χ2n) is 11.4. The maximum atomic E-state index is 12.2. The van der Waals surface area contributed by atoms with Gasteiger partial charge in [0.05, 0.1) is 34.9 Å². The van der Waals surface area contributed by atoms with Crippen LogP contribution in [0.25, 0.3) is 0 Å². The quantitative estimate of drug-likeness (QED) is 0.0498. The predicted molar refractivity (Wildman–Crippen MR) is 157 cm³/mol. The Labute approximate surface area is 233 Å². The van der Waals surface area contributed by atoms with Crippen molar-refractivity contribution < 1.29 is 32.5 Å². The molecular formula is C28H59NO6PS+. The Kier molecular flexibility index (Phi) is 22.6. The molecule has 0 aliphatic rings. The van der Waals surface area contributed by atoms with Crippen LogP contribution in [0.3, 0.4) is 0 Å². The van der Waals surface area contributed by atoms with E-state index in [1.165, 1.54) is 84.2 Å². The minimum atomic E-state index is -4.06. The monoisotopic (exact) mass is 568 g/mol. The molecule has 0 aliphatic carbocycles. The number of carbonyl (C=O) groups is 1. The molecule has 9 heteroatoms. The molecule has 0 fully saturated rings. The highest BCUT2D eigenvalue weighted by Gasteiger charge is 2.25. The smallest absolute Gasteiger partial charge is 0.468 e. The van der Waals surface area contributed by atoms with Crippen molar-refractivity contribution in [1.29, 1.82) is 0 Å². The molecule has 3 atom stereocenters. The molecule has 0 bridgehead atoms. The lowest BCUT2D eigenvalue weighted by atomic mass is 10.0. The first kappa shape index (κ1) is 36.9. The summed E-state index contributed by atoms with van der Waals surface area (Å²) in [7, 11) is 3.34. The first-order valence-corrected chi connectivity index (χ1v) is 17.2. The fraction of sp³-hybridized carbons (Fsp3) is 0.964. The topological polar surface area (TPSA) is 82.1 Å². The molecular weight excluding hydrogens is 509 g/mol. The lowest BCUT2D eigenvalue weighted by molar-refractivity contribution is -0.870. The van der Waals surface area contributed by atoms with E-state index in [9.17, 15) is 14.3 Å². The Bertz CT molecular complexity index is 602. The average Bonchev–Trinajstić information content (AvgIpc) is 2.83. The summed E-state index contributed by atoms with van der Waals surface area (Å²) in [5.41, 5.74) is 0. The van der Waals surface area contributed by atoms with Gasteiger partial charge in [0, 0.05) is 0 Å². The predicted octanol–water partition coefficient (Wildman–Crippen LogP) is 7.61. The molecule has 0 saturated carbocycles. The Morgan fingerprint density at radius 2 is 1.35 bits per heavy atom. The van der Waals surface area contributed by atoms with Crippen molar-refractivity contribution in [2.24, 2.45) is 5.92 Å². The summed E-state index contributed by atoms with van der Waals surface area (Å²) in [6.07, 6.45) is 19.2. The van der Waals surface area contributed by atoms with E-state index in [4.69, 9.17) is 13.8 Å². The first-order chi connectivity index (χ1) is 17.5. The van der Waals surface area contributed by atoms with Gasteiger partial charge in [-0.1, -0.05) is 104 Å². The summed E-state index contributed by atoms with van der Waals surface area (Å²) in [5.74, 6) is 0.470. The lowest BCUT2D eigenvalue weighted by Gasteiger charge is -2.24. The summed E-state index contributed by atoms with van der Waals surface area (Å²) < 4.78 is 28.0. The fourth-order valence-electron chi connectivity index (χ4n) is 3.94. The third kappa shape index (κ3) is 24.7. The van der Waals surface area contributed by atoms with E-state index in [1.54, 1.807) is 11.8 Å². The highest BCUT2D eigenvalue weighted by Crippen LogP contribution is 2.43. The number of hydrogen-bond donors (Lipinski definition) is 1. The van der Waals surface area contributed by atoms with Gasteiger partial charge in [0.2, 0.25) is 0 Å².